The number of benzene rings is 2. The Kier molecular flexibility index (Phi) is 11.3. The van der Waals surface area contributed by atoms with Gasteiger partial charge in [-0.2, -0.15) is 0 Å². The molecule has 2 aromatic rings. The number of rotatable bonds is 14. The number of esters is 1. The molecule has 0 aliphatic heterocycles. The van der Waals surface area contributed by atoms with Gasteiger partial charge in [0.1, 0.15) is 18.5 Å². The maximum atomic E-state index is 13.4. The first-order valence-corrected chi connectivity index (χ1v) is 13.4. The van der Waals surface area contributed by atoms with Crippen LogP contribution >= 0.6 is 0 Å². The summed E-state index contributed by atoms with van der Waals surface area (Å²) in [4.78, 5) is 25.2. The number of ether oxygens (including phenoxy) is 3. The number of methoxy groups -OCH3 is 1. The standard InChI is InChI=1S/C30H40O8/c1-20(32)38-25(11-8-21-9-12-28(35)30(16-21)37-15-14-31)18-24(33)19-26(22-6-4-3-5-7-22)23-10-13-27(34)29(17-23)36-2/h9-10,12-13,16-17,22,25-26,31,34-35H,3-8,11,14-15,18-19H2,1-2H3. The minimum Gasteiger partial charge on any atom is -0.504 e. The van der Waals surface area contributed by atoms with E-state index in [9.17, 15) is 19.8 Å². The highest BCUT2D eigenvalue weighted by Gasteiger charge is 2.29. The molecule has 0 radical (unpaired) electrons. The van der Waals surface area contributed by atoms with Crippen LogP contribution in [0, 0.1) is 5.92 Å². The van der Waals surface area contributed by atoms with E-state index in [1.807, 2.05) is 12.1 Å². The Labute approximate surface area is 224 Å². The van der Waals surface area contributed by atoms with Crippen LogP contribution in [0.15, 0.2) is 36.4 Å². The number of aromatic hydroxyl groups is 2. The number of carbonyl (C=O) groups excluding carboxylic acids is 2. The molecule has 208 valence electrons. The molecule has 1 fully saturated rings. The third-order valence-electron chi connectivity index (χ3n) is 7.21. The van der Waals surface area contributed by atoms with Crippen molar-refractivity contribution < 1.29 is 39.1 Å². The van der Waals surface area contributed by atoms with Gasteiger partial charge in [-0.15, -0.1) is 0 Å². The molecule has 0 amide bonds. The van der Waals surface area contributed by atoms with Crippen LogP contribution in [-0.2, 0) is 20.7 Å². The fourth-order valence-corrected chi connectivity index (χ4v) is 5.35. The second-order valence-corrected chi connectivity index (χ2v) is 10.0. The van der Waals surface area contributed by atoms with Crippen LogP contribution in [0.5, 0.6) is 23.0 Å². The quantitative estimate of drug-likeness (QED) is 0.291. The Balaban J connectivity index is 1.70. The van der Waals surface area contributed by atoms with Gasteiger partial charge in [0.25, 0.3) is 0 Å². The topological polar surface area (TPSA) is 123 Å². The third-order valence-corrected chi connectivity index (χ3v) is 7.21. The number of phenolic OH excluding ortho intramolecular Hbond substituents is 2. The zero-order valence-corrected chi connectivity index (χ0v) is 22.4. The fraction of sp³-hybridized carbons (Fsp3) is 0.533. The number of ketones is 1. The molecule has 0 aromatic heterocycles. The van der Waals surface area contributed by atoms with Crippen LogP contribution in [0.25, 0.3) is 0 Å². The molecule has 0 saturated heterocycles. The molecule has 0 spiro atoms. The van der Waals surface area contributed by atoms with Crippen LogP contribution in [0.2, 0.25) is 0 Å². The first kappa shape index (κ1) is 29.3. The lowest BCUT2D eigenvalue weighted by Crippen LogP contribution is -2.24. The van der Waals surface area contributed by atoms with E-state index in [1.54, 1.807) is 18.2 Å². The fourth-order valence-electron chi connectivity index (χ4n) is 5.35. The van der Waals surface area contributed by atoms with Gasteiger partial charge in [-0.05, 0) is 72.9 Å². The van der Waals surface area contributed by atoms with Gasteiger partial charge in [0.2, 0.25) is 0 Å². The van der Waals surface area contributed by atoms with Crippen molar-refractivity contribution in [3.63, 3.8) is 0 Å². The minimum atomic E-state index is -0.572. The lowest BCUT2D eigenvalue weighted by Gasteiger charge is -2.31. The summed E-state index contributed by atoms with van der Waals surface area (Å²) in [6.07, 6.45) is 6.41. The van der Waals surface area contributed by atoms with Gasteiger partial charge in [0, 0.05) is 19.8 Å². The van der Waals surface area contributed by atoms with Gasteiger partial charge < -0.3 is 29.5 Å². The second-order valence-electron chi connectivity index (χ2n) is 10.0. The highest BCUT2D eigenvalue weighted by molar-refractivity contribution is 5.80. The molecule has 1 aliphatic rings. The van der Waals surface area contributed by atoms with E-state index in [0.29, 0.717) is 30.9 Å². The molecular formula is C30H40O8. The average molecular weight is 529 g/mol. The summed E-state index contributed by atoms with van der Waals surface area (Å²) < 4.78 is 16.2. The molecule has 2 atom stereocenters. The van der Waals surface area contributed by atoms with E-state index in [0.717, 1.165) is 36.8 Å². The number of phenols is 2. The molecule has 2 aromatic carbocycles. The summed E-state index contributed by atoms with van der Waals surface area (Å²) in [5, 5.41) is 29.0. The molecule has 38 heavy (non-hydrogen) atoms. The number of Topliss-reactive ketones (excluding diaryl/α,β-unsaturated/α-hetero) is 1. The number of hydrogen-bond acceptors (Lipinski definition) is 8. The van der Waals surface area contributed by atoms with Crippen molar-refractivity contribution in [1.82, 2.24) is 0 Å². The minimum absolute atomic E-state index is 0.00129. The first-order chi connectivity index (χ1) is 18.3. The highest BCUT2D eigenvalue weighted by Crippen LogP contribution is 2.41. The maximum absolute atomic E-state index is 13.4. The molecule has 3 N–H and O–H groups in total. The largest absolute Gasteiger partial charge is 0.504 e. The van der Waals surface area contributed by atoms with Crippen molar-refractivity contribution in [1.29, 1.82) is 0 Å². The van der Waals surface area contributed by atoms with Gasteiger partial charge in [0.05, 0.1) is 13.7 Å². The summed E-state index contributed by atoms with van der Waals surface area (Å²) >= 11 is 0. The molecule has 0 heterocycles. The normalized spacial score (nSPS) is 15.4. The predicted octanol–water partition coefficient (Wildman–Crippen LogP) is 5.06. The van der Waals surface area contributed by atoms with Crippen LogP contribution in [0.4, 0.5) is 0 Å². The second kappa shape index (κ2) is 14.6. The van der Waals surface area contributed by atoms with E-state index in [4.69, 9.17) is 19.3 Å². The molecule has 0 bridgehead atoms. The summed E-state index contributed by atoms with van der Waals surface area (Å²) in [5.41, 5.74) is 1.83. The molecule has 1 saturated carbocycles. The van der Waals surface area contributed by atoms with Crippen molar-refractivity contribution >= 4 is 11.8 Å². The first-order valence-electron chi connectivity index (χ1n) is 13.4. The Morgan fingerprint density at radius 1 is 0.974 bits per heavy atom. The average Bonchev–Trinajstić information content (AvgIpc) is 2.91. The van der Waals surface area contributed by atoms with Crippen molar-refractivity contribution in [2.24, 2.45) is 5.92 Å². The zero-order chi connectivity index (χ0) is 27.5. The Bertz CT molecular complexity index is 1060. The summed E-state index contributed by atoms with van der Waals surface area (Å²) in [6.45, 7) is 1.24. The van der Waals surface area contributed by atoms with Gasteiger partial charge in [-0.25, -0.2) is 0 Å². The number of aliphatic hydroxyl groups excluding tert-OH is 1. The van der Waals surface area contributed by atoms with Crippen LogP contribution < -0.4 is 9.47 Å². The van der Waals surface area contributed by atoms with E-state index in [1.165, 1.54) is 26.5 Å². The van der Waals surface area contributed by atoms with Crippen molar-refractivity contribution in [2.45, 2.75) is 76.7 Å². The van der Waals surface area contributed by atoms with Crippen molar-refractivity contribution in [3.8, 4) is 23.0 Å². The summed E-state index contributed by atoms with van der Waals surface area (Å²) in [6, 6.07) is 10.3. The van der Waals surface area contributed by atoms with Gasteiger partial charge in [-0.3, -0.25) is 9.59 Å². The Morgan fingerprint density at radius 3 is 2.37 bits per heavy atom. The van der Waals surface area contributed by atoms with E-state index >= 15 is 0 Å². The SMILES string of the molecule is COc1cc(C(CC(=O)CC(CCc2ccc(O)c(OCCO)c2)OC(C)=O)C2CCCCC2)ccc1O. The van der Waals surface area contributed by atoms with Gasteiger partial charge in [0.15, 0.2) is 23.0 Å². The van der Waals surface area contributed by atoms with E-state index in [2.05, 4.69) is 0 Å². The van der Waals surface area contributed by atoms with Crippen molar-refractivity contribution in [2.75, 3.05) is 20.3 Å². The van der Waals surface area contributed by atoms with Crippen molar-refractivity contribution in [3.05, 3.63) is 47.5 Å². The third kappa shape index (κ3) is 8.65. The molecule has 8 nitrogen and oxygen atoms in total. The Hall–Kier alpha value is -3.26. The highest BCUT2D eigenvalue weighted by atomic mass is 16.5. The van der Waals surface area contributed by atoms with E-state index in [-0.39, 0.29) is 48.6 Å². The smallest absolute Gasteiger partial charge is 0.302 e. The predicted molar refractivity (Wildman–Crippen MR) is 143 cm³/mol. The summed E-state index contributed by atoms with van der Waals surface area (Å²) in [5.74, 6) is 0.667. The maximum Gasteiger partial charge on any atom is 0.302 e. The summed E-state index contributed by atoms with van der Waals surface area (Å²) in [7, 11) is 1.51. The number of aryl methyl sites for hydroxylation is 1. The van der Waals surface area contributed by atoms with Crippen LogP contribution in [-0.4, -0.2) is 53.5 Å². The number of carbonyl (C=O) groups is 2. The number of aliphatic hydroxyl groups is 1. The zero-order valence-electron chi connectivity index (χ0n) is 22.4. The molecular weight excluding hydrogens is 488 g/mol. The molecule has 1 aliphatic carbocycles. The Morgan fingerprint density at radius 2 is 1.68 bits per heavy atom. The molecule has 2 unspecified atom stereocenters. The van der Waals surface area contributed by atoms with Gasteiger partial charge >= 0.3 is 5.97 Å². The molecule has 3 rings (SSSR count). The monoisotopic (exact) mass is 528 g/mol. The van der Waals surface area contributed by atoms with E-state index < -0.39 is 12.1 Å². The lowest BCUT2D eigenvalue weighted by atomic mass is 9.74. The number of hydrogen-bond donors (Lipinski definition) is 3. The van der Waals surface area contributed by atoms with Gasteiger partial charge in [-0.1, -0.05) is 31.4 Å². The van der Waals surface area contributed by atoms with Crippen LogP contribution in [0.1, 0.15) is 75.3 Å². The lowest BCUT2D eigenvalue weighted by molar-refractivity contribution is -0.147. The van der Waals surface area contributed by atoms with Crippen LogP contribution in [0.3, 0.4) is 0 Å². The molecule has 8 heteroatoms.